The number of para-hydroxylation sites is 2. The summed E-state index contributed by atoms with van der Waals surface area (Å²) in [6.07, 6.45) is 0. The molecule has 696 valence electrons. The maximum absolute atomic E-state index is 6.39. The Morgan fingerprint density at radius 2 is 0.497 bits per heavy atom. The third-order valence-electron chi connectivity index (χ3n) is 31.9. The third kappa shape index (κ3) is 14.3. The van der Waals surface area contributed by atoms with Crippen molar-refractivity contribution in [2.24, 2.45) is 0 Å². The number of anilines is 9. The Morgan fingerprint density at radius 3 is 0.986 bits per heavy atom. The molecule has 3 heterocycles. The molecule has 0 saturated carbocycles. The second-order valence-electron chi connectivity index (χ2n) is 41.2. The zero-order valence-corrected chi connectivity index (χ0v) is 84.0. The summed E-state index contributed by atoms with van der Waals surface area (Å²) in [4.78, 5) is 7.23. The van der Waals surface area contributed by atoms with Gasteiger partial charge in [0.1, 0.15) is 11.2 Å². The first-order chi connectivity index (χ1) is 72.1. The number of furan rings is 1. The zero-order chi connectivity index (χ0) is 98.1. The molecule has 0 spiro atoms. The molecule has 3 aromatic heterocycles. The van der Waals surface area contributed by atoms with E-state index < -0.39 is 0 Å². The molecule has 0 aliphatic heterocycles. The van der Waals surface area contributed by atoms with E-state index in [1.165, 1.54) is 205 Å². The molecule has 147 heavy (non-hydrogen) atoms. The minimum Gasteiger partial charge on any atom is -0.456 e. The fraction of sp³-hybridized carbons (Fsp3) is 0.0638. The van der Waals surface area contributed by atoms with E-state index in [-0.39, 0.29) is 16.2 Å². The highest BCUT2D eigenvalue weighted by molar-refractivity contribution is 7.26. The van der Waals surface area contributed by atoms with E-state index in [0.717, 1.165) is 73.1 Å². The molecular formula is C141H99N3OS2. The van der Waals surface area contributed by atoms with Crippen molar-refractivity contribution in [3.05, 3.63) is 525 Å². The molecule has 0 unspecified atom stereocenters. The normalized spacial score (nSPS) is 13.3. The van der Waals surface area contributed by atoms with Crippen LogP contribution in [0, 0.1) is 0 Å². The molecule has 0 radical (unpaired) electrons. The molecule has 0 bridgehead atoms. The fourth-order valence-electron chi connectivity index (χ4n) is 24.7. The molecule has 0 saturated heterocycles. The van der Waals surface area contributed by atoms with Gasteiger partial charge in [-0.2, -0.15) is 0 Å². The SMILES string of the molecule is CC1(C)c2ccccc2-c2c1ccc1ccc3cc(N(c4ccc5sc6ccccc6c5c4)c4ccccc4-c4ccccc4)ccc3c21.CC1(C)c2ccccc2-c2c1ccc1ccc3cc(N(c4cccc(-c5ccccc5)c4)c4ccc5c(c4)oc4ccccc45)ccc3c21.CC1(C)c2ccccc2-c2c1ccc1ccc3cc(N(c4cccc(-c5ccccc5)c4)c4ccc5c(c4)sc4ccccc45)ccc3c21. The molecular weight excluding hydrogens is 1820 g/mol. The summed E-state index contributed by atoms with van der Waals surface area (Å²) >= 11 is 3.73. The van der Waals surface area contributed by atoms with E-state index in [1.807, 2.05) is 34.8 Å². The van der Waals surface area contributed by atoms with E-state index >= 15 is 0 Å². The fourth-order valence-corrected chi connectivity index (χ4v) is 27.0. The van der Waals surface area contributed by atoms with Gasteiger partial charge in [-0.25, -0.2) is 0 Å². The van der Waals surface area contributed by atoms with Crippen molar-refractivity contribution in [3.63, 3.8) is 0 Å². The topological polar surface area (TPSA) is 22.9 Å². The summed E-state index contributed by atoms with van der Waals surface area (Å²) in [6, 6.07) is 181. The van der Waals surface area contributed by atoms with Gasteiger partial charge in [0.25, 0.3) is 0 Å². The average Bonchev–Trinajstić information content (AvgIpc) is 1.56. The van der Waals surface area contributed by atoms with Crippen LogP contribution in [0.1, 0.15) is 74.9 Å². The van der Waals surface area contributed by atoms with Gasteiger partial charge in [0.2, 0.25) is 0 Å². The lowest BCUT2D eigenvalue weighted by Gasteiger charge is -2.28. The zero-order valence-electron chi connectivity index (χ0n) is 82.3. The Bertz CT molecular complexity index is 9700. The summed E-state index contributed by atoms with van der Waals surface area (Å²) in [5.41, 5.74) is 35.6. The predicted molar refractivity (Wildman–Crippen MR) is 630 cm³/mol. The van der Waals surface area contributed by atoms with E-state index in [9.17, 15) is 0 Å². The number of fused-ring (bicyclic) bond motifs is 30. The molecule has 0 N–H and O–H groups in total. The van der Waals surface area contributed by atoms with Gasteiger partial charge < -0.3 is 19.1 Å². The lowest BCUT2D eigenvalue weighted by atomic mass is 9.82. The maximum Gasteiger partial charge on any atom is 0.137 e. The largest absolute Gasteiger partial charge is 0.456 e. The van der Waals surface area contributed by atoms with Crippen LogP contribution in [0.25, 0.3) is 194 Å². The summed E-state index contributed by atoms with van der Waals surface area (Å²) in [5.74, 6) is 0. The summed E-state index contributed by atoms with van der Waals surface area (Å²) < 4.78 is 11.6. The molecule has 27 aromatic rings. The van der Waals surface area contributed by atoms with Crippen molar-refractivity contribution >= 4 is 201 Å². The number of hydrogen-bond acceptors (Lipinski definition) is 6. The predicted octanol–water partition coefficient (Wildman–Crippen LogP) is 40.9. The Morgan fingerprint density at radius 1 is 0.177 bits per heavy atom. The second-order valence-corrected chi connectivity index (χ2v) is 43.4. The average molecular weight is 1920 g/mol. The van der Waals surface area contributed by atoms with Crippen molar-refractivity contribution in [1.29, 1.82) is 0 Å². The first-order valence-corrected chi connectivity index (χ1v) is 52.7. The van der Waals surface area contributed by atoms with Crippen LogP contribution in [0.3, 0.4) is 0 Å². The van der Waals surface area contributed by atoms with Crippen LogP contribution in [0.5, 0.6) is 0 Å². The molecule has 3 aliphatic rings. The summed E-state index contributed by atoms with van der Waals surface area (Å²) in [7, 11) is 0. The second kappa shape index (κ2) is 34.4. The Labute approximate surface area is 862 Å². The van der Waals surface area contributed by atoms with Crippen LogP contribution in [0.2, 0.25) is 0 Å². The number of thiophene rings is 2. The van der Waals surface area contributed by atoms with Gasteiger partial charge in [-0.1, -0.05) is 399 Å². The first-order valence-electron chi connectivity index (χ1n) is 51.0. The number of hydrogen-bond donors (Lipinski definition) is 0. The number of rotatable bonds is 12. The molecule has 4 nitrogen and oxygen atoms in total. The van der Waals surface area contributed by atoms with Crippen LogP contribution < -0.4 is 14.7 Å². The van der Waals surface area contributed by atoms with Gasteiger partial charge >= 0.3 is 0 Å². The first kappa shape index (κ1) is 87.3. The highest BCUT2D eigenvalue weighted by atomic mass is 32.1. The van der Waals surface area contributed by atoms with E-state index in [0.29, 0.717) is 0 Å². The quantitative estimate of drug-likeness (QED) is 0.114. The lowest BCUT2D eigenvalue weighted by molar-refractivity contribution is 0.660. The third-order valence-corrected chi connectivity index (χ3v) is 34.2. The van der Waals surface area contributed by atoms with Crippen molar-refractivity contribution in [2.45, 2.75) is 57.8 Å². The Hall–Kier alpha value is -17.5. The Kier molecular flexibility index (Phi) is 20.4. The highest BCUT2D eigenvalue weighted by Gasteiger charge is 2.40. The number of benzene rings is 24. The maximum atomic E-state index is 6.39. The van der Waals surface area contributed by atoms with Gasteiger partial charge in [-0.15, -0.1) is 22.7 Å². The minimum absolute atomic E-state index is 0.0337. The van der Waals surface area contributed by atoms with E-state index in [1.54, 1.807) is 0 Å². The molecule has 0 fully saturated rings. The molecule has 24 aromatic carbocycles. The lowest BCUT2D eigenvalue weighted by Crippen LogP contribution is -2.14. The van der Waals surface area contributed by atoms with Gasteiger partial charge in [-0.05, 0) is 287 Å². The highest BCUT2D eigenvalue weighted by Crippen LogP contribution is 2.59. The molecule has 0 atom stereocenters. The summed E-state index contributed by atoms with van der Waals surface area (Å²) in [5, 5.41) is 22.9. The van der Waals surface area contributed by atoms with E-state index in [2.05, 4.69) is 535 Å². The molecule has 6 heteroatoms. The smallest absolute Gasteiger partial charge is 0.137 e. The standard InChI is InChI=1S/C47H33NO.2C47H33NS/c1-47(2)41-17-8-6-16-40(41)46-42(47)26-21-31-19-20-33-28-35(22-24-37(33)45(31)46)48(34-14-10-13-32(27-34)30-11-4-3-5-12-30)36-23-25-39-38-15-7-9-18-43(38)49-44(39)29-36;1-47(2)40-17-9-6-16-38(40)46-41(47)26-22-31-20-21-32-28-33(23-25-36(32)45(31)46)48(42-18-10-7-14-35(42)30-12-4-3-5-13-30)34-24-27-44-39(29-34)37-15-8-11-19-43(37)49-44;1-47(2)41-17-8-6-16-40(41)46-42(47)26-21-31-19-20-33-28-35(22-24-37(33)45(31)46)48(34-14-10-13-32(27-34)30-11-4-3-5-12-30)36-23-25-39-38-15-7-9-18-43(38)49-44(39)29-36/h3*3-29H,1-2H3. The van der Waals surface area contributed by atoms with Crippen molar-refractivity contribution < 1.29 is 4.42 Å². The van der Waals surface area contributed by atoms with Crippen LogP contribution in [0.15, 0.2) is 496 Å². The van der Waals surface area contributed by atoms with Crippen LogP contribution in [-0.4, -0.2) is 0 Å². The minimum atomic E-state index is -0.0436. The van der Waals surface area contributed by atoms with Crippen LogP contribution >= 0.6 is 22.7 Å². The monoisotopic (exact) mass is 1910 g/mol. The van der Waals surface area contributed by atoms with E-state index in [4.69, 9.17) is 4.42 Å². The van der Waals surface area contributed by atoms with Crippen molar-refractivity contribution in [2.75, 3.05) is 14.7 Å². The number of nitrogens with zero attached hydrogens (tertiary/aromatic N) is 3. The van der Waals surface area contributed by atoms with Gasteiger partial charge in [0, 0.05) is 124 Å². The van der Waals surface area contributed by atoms with Gasteiger partial charge in [0.15, 0.2) is 0 Å². The van der Waals surface area contributed by atoms with Crippen LogP contribution in [0.4, 0.5) is 51.2 Å². The van der Waals surface area contributed by atoms with Crippen molar-refractivity contribution in [3.8, 4) is 66.8 Å². The summed E-state index contributed by atoms with van der Waals surface area (Å²) in [6.45, 7) is 14.2. The van der Waals surface area contributed by atoms with Crippen LogP contribution in [-0.2, 0) is 16.2 Å². The Balaban J connectivity index is 0.000000107. The van der Waals surface area contributed by atoms with Gasteiger partial charge in [-0.3, -0.25) is 0 Å². The molecule has 30 rings (SSSR count). The molecule has 3 aliphatic carbocycles. The molecule has 0 amide bonds. The van der Waals surface area contributed by atoms with Gasteiger partial charge in [0.05, 0.1) is 5.69 Å². The van der Waals surface area contributed by atoms with Crippen molar-refractivity contribution in [1.82, 2.24) is 0 Å².